The molecule has 0 aliphatic heterocycles. The molecule has 0 N–H and O–H groups in total. The van der Waals surface area contributed by atoms with Gasteiger partial charge in [-0.15, -0.1) is 0 Å². The molecule has 0 amide bonds. The molecular formula is C15H31N. The molecule has 0 unspecified atom stereocenters. The van der Waals surface area contributed by atoms with Gasteiger partial charge in [-0.1, -0.05) is 51.0 Å². The average molecular weight is 225 g/mol. The average Bonchev–Trinajstić information content (AvgIpc) is 2.19. The number of nitrogens with zero attached hydrogens (tertiary/aromatic N) is 1. The molecule has 0 saturated heterocycles. The molecular weight excluding hydrogens is 194 g/mol. The van der Waals surface area contributed by atoms with Gasteiger partial charge >= 0.3 is 0 Å². The Labute approximate surface area is 103 Å². The summed E-state index contributed by atoms with van der Waals surface area (Å²) in [6.07, 6.45) is 5.67. The standard InChI is InChI=1S/C13H25N.C2H6/c1-11(2)7-8-13(12(3)4)9-10-14(5)6;1-2/h7-8,12H,9-10H2,1-6H3;1-2H3/b13-8-;. The molecule has 1 nitrogen and oxygen atoms in total. The summed E-state index contributed by atoms with van der Waals surface area (Å²) in [6.45, 7) is 13.9. The first-order valence-electron chi connectivity index (χ1n) is 6.42. The first-order valence-corrected chi connectivity index (χ1v) is 6.42. The Hall–Kier alpha value is -0.560. The van der Waals surface area contributed by atoms with Crippen LogP contribution in [-0.2, 0) is 0 Å². The smallest absolute Gasteiger partial charge is 0.00127 e. The summed E-state index contributed by atoms with van der Waals surface area (Å²) in [4.78, 5) is 2.23. The van der Waals surface area contributed by atoms with E-state index in [2.05, 4.69) is 58.8 Å². The molecule has 0 aromatic carbocycles. The fraction of sp³-hybridized carbons (Fsp3) is 0.733. The van der Waals surface area contributed by atoms with E-state index in [4.69, 9.17) is 0 Å². The second kappa shape index (κ2) is 10.9. The van der Waals surface area contributed by atoms with Gasteiger partial charge in [0.2, 0.25) is 0 Å². The molecule has 0 spiro atoms. The van der Waals surface area contributed by atoms with Gasteiger partial charge in [0.05, 0.1) is 0 Å². The molecule has 96 valence electrons. The Bertz CT molecular complexity index is 205. The number of hydrogen-bond donors (Lipinski definition) is 0. The van der Waals surface area contributed by atoms with Crippen molar-refractivity contribution in [1.29, 1.82) is 0 Å². The van der Waals surface area contributed by atoms with E-state index in [0.29, 0.717) is 5.92 Å². The molecule has 16 heavy (non-hydrogen) atoms. The molecule has 0 atom stereocenters. The summed E-state index contributed by atoms with van der Waals surface area (Å²) in [7, 11) is 4.25. The molecule has 0 saturated carbocycles. The van der Waals surface area contributed by atoms with Crippen molar-refractivity contribution in [3.63, 3.8) is 0 Å². The Balaban J connectivity index is 0. The molecule has 0 aliphatic carbocycles. The Kier molecular flexibility index (Phi) is 12.2. The van der Waals surface area contributed by atoms with E-state index in [1.54, 1.807) is 5.57 Å². The zero-order valence-electron chi connectivity index (χ0n) is 12.6. The molecule has 0 aromatic rings. The Morgan fingerprint density at radius 3 is 1.88 bits per heavy atom. The number of allylic oxidation sites excluding steroid dienone is 3. The second-order valence-electron chi connectivity index (χ2n) is 4.69. The van der Waals surface area contributed by atoms with Crippen LogP contribution in [0.3, 0.4) is 0 Å². The summed E-state index contributed by atoms with van der Waals surface area (Å²) in [5.41, 5.74) is 2.91. The summed E-state index contributed by atoms with van der Waals surface area (Å²) in [6, 6.07) is 0. The van der Waals surface area contributed by atoms with Gasteiger partial charge in [0.25, 0.3) is 0 Å². The topological polar surface area (TPSA) is 3.24 Å². The van der Waals surface area contributed by atoms with Crippen LogP contribution in [0.2, 0.25) is 0 Å². The highest BCUT2D eigenvalue weighted by molar-refractivity contribution is 5.17. The lowest BCUT2D eigenvalue weighted by atomic mass is 9.99. The van der Waals surface area contributed by atoms with Crippen LogP contribution in [-0.4, -0.2) is 25.5 Å². The third kappa shape index (κ3) is 11.5. The third-order valence-electron chi connectivity index (χ3n) is 2.22. The van der Waals surface area contributed by atoms with Gasteiger partial charge in [0.1, 0.15) is 0 Å². The zero-order valence-corrected chi connectivity index (χ0v) is 12.6. The van der Waals surface area contributed by atoms with Crippen LogP contribution in [0.4, 0.5) is 0 Å². The van der Waals surface area contributed by atoms with E-state index < -0.39 is 0 Å². The maximum absolute atomic E-state index is 2.28. The summed E-state index contributed by atoms with van der Waals surface area (Å²) in [5.74, 6) is 0.658. The second-order valence-corrected chi connectivity index (χ2v) is 4.69. The van der Waals surface area contributed by atoms with Crippen molar-refractivity contribution < 1.29 is 0 Å². The minimum atomic E-state index is 0.658. The van der Waals surface area contributed by atoms with E-state index in [1.165, 1.54) is 12.0 Å². The van der Waals surface area contributed by atoms with Gasteiger partial charge in [-0.25, -0.2) is 0 Å². The molecule has 0 fully saturated rings. The van der Waals surface area contributed by atoms with Crippen LogP contribution in [0.5, 0.6) is 0 Å². The van der Waals surface area contributed by atoms with Crippen molar-refractivity contribution in [2.24, 2.45) is 5.92 Å². The summed E-state index contributed by atoms with van der Waals surface area (Å²) in [5, 5.41) is 0. The SMILES string of the molecule is CC.CC(C)=C/C=C(/CCN(C)C)C(C)C. The van der Waals surface area contributed by atoms with Gasteiger partial charge < -0.3 is 4.90 Å². The zero-order chi connectivity index (χ0) is 13.1. The minimum absolute atomic E-state index is 0.658. The summed E-state index contributed by atoms with van der Waals surface area (Å²) < 4.78 is 0. The van der Waals surface area contributed by atoms with Crippen LogP contribution in [0.25, 0.3) is 0 Å². The van der Waals surface area contributed by atoms with E-state index in [9.17, 15) is 0 Å². The normalized spacial score (nSPS) is 11.2. The van der Waals surface area contributed by atoms with Crippen LogP contribution < -0.4 is 0 Å². The maximum Gasteiger partial charge on any atom is 0.00127 e. The fourth-order valence-electron chi connectivity index (χ4n) is 1.19. The predicted octanol–water partition coefficient (Wildman–Crippen LogP) is 4.51. The molecule has 0 heterocycles. The lowest BCUT2D eigenvalue weighted by Crippen LogP contribution is -2.14. The lowest BCUT2D eigenvalue weighted by Gasteiger charge is -2.14. The van der Waals surface area contributed by atoms with Gasteiger partial charge in [0, 0.05) is 6.54 Å². The van der Waals surface area contributed by atoms with E-state index >= 15 is 0 Å². The van der Waals surface area contributed by atoms with Crippen molar-refractivity contribution in [3.05, 3.63) is 23.3 Å². The molecule has 0 radical (unpaired) electrons. The van der Waals surface area contributed by atoms with Crippen LogP contribution in [0.15, 0.2) is 23.3 Å². The van der Waals surface area contributed by atoms with E-state index in [-0.39, 0.29) is 0 Å². The summed E-state index contributed by atoms with van der Waals surface area (Å²) >= 11 is 0. The largest absolute Gasteiger partial charge is 0.309 e. The Morgan fingerprint density at radius 2 is 1.56 bits per heavy atom. The van der Waals surface area contributed by atoms with Crippen molar-refractivity contribution in [3.8, 4) is 0 Å². The minimum Gasteiger partial charge on any atom is -0.309 e. The maximum atomic E-state index is 2.28. The molecule has 0 rings (SSSR count). The highest BCUT2D eigenvalue weighted by Crippen LogP contribution is 2.14. The monoisotopic (exact) mass is 225 g/mol. The van der Waals surface area contributed by atoms with Gasteiger partial charge in [-0.3, -0.25) is 0 Å². The van der Waals surface area contributed by atoms with Crippen molar-refractivity contribution >= 4 is 0 Å². The molecule has 0 aromatic heterocycles. The van der Waals surface area contributed by atoms with E-state index in [1.807, 2.05) is 13.8 Å². The van der Waals surface area contributed by atoms with Gasteiger partial charge in [-0.2, -0.15) is 0 Å². The van der Waals surface area contributed by atoms with Crippen LogP contribution in [0, 0.1) is 5.92 Å². The van der Waals surface area contributed by atoms with E-state index in [0.717, 1.165) is 6.54 Å². The molecule has 0 aliphatic rings. The fourth-order valence-corrected chi connectivity index (χ4v) is 1.19. The highest BCUT2D eigenvalue weighted by atomic mass is 15.0. The van der Waals surface area contributed by atoms with Crippen LogP contribution in [0.1, 0.15) is 48.0 Å². The molecule has 1 heteroatoms. The number of hydrogen-bond acceptors (Lipinski definition) is 1. The quantitative estimate of drug-likeness (QED) is 0.622. The first kappa shape index (κ1) is 17.8. The Morgan fingerprint density at radius 1 is 1.06 bits per heavy atom. The lowest BCUT2D eigenvalue weighted by molar-refractivity contribution is 0.407. The van der Waals surface area contributed by atoms with Crippen molar-refractivity contribution in [1.82, 2.24) is 4.90 Å². The number of rotatable bonds is 5. The van der Waals surface area contributed by atoms with Gasteiger partial charge in [-0.05, 0) is 40.3 Å². The highest BCUT2D eigenvalue weighted by Gasteiger charge is 2.02. The van der Waals surface area contributed by atoms with Crippen LogP contribution >= 0.6 is 0 Å². The van der Waals surface area contributed by atoms with Crippen molar-refractivity contribution in [2.45, 2.75) is 48.0 Å². The molecule has 0 bridgehead atoms. The van der Waals surface area contributed by atoms with Gasteiger partial charge in [0.15, 0.2) is 0 Å². The first-order chi connectivity index (χ1) is 7.43. The van der Waals surface area contributed by atoms with Crippen molar-refractivity contribution in [2.75, 3.05) is 20.6 Å². The predicted molar refractivity (Wildman–Crippen MR) is 76.9 cm³/mol. The third-order valence-corrected chi connectivity index (χ3v) is 2.22.